The van der Waals surface area contributed by atoms with Crippen molar-refractivity contribution in [2.75, 3.05) is 26.8 Å². The fourth-order valence-electron chi connectivity index (χ4n) is 1.29. The molecule has 1 aliphatic carbocycles. The molecule has 5 heteroatoms. The molecule has 1 rings (SSSR count). The van der Waals surface area contributed by atoms with Crippen molar-refractivity contribution in [1.82, 2.24) is 10.6 Å². The van der Waals surface area contributed by atoms with Crippen LogP contribution in [0.3, 0.4) is 0 Å². The zero-order valence-corrected chi connectivity index (χ0v) is 10.1. The van der Waals surface area contributed by atoms with Gasteiger partial charge in [0.1, 0.15) is 0 Å². The first-order chi connectivity index (χ1) is 7.53. The number of amides is 1. The first-order valence-corrected chi connectivity index (χ1v) is 5.75. The molecule has 0 aromatic rings. The number of aliphatic hydroxyl groups is 1. The molecule has 3 N–H and O–H groups in total. The summed E-state index contributed by atoms with van der Waals surface area (Å²) in [4.78, 5) is 11.4. The summed E-state index contributed by atoms with van der Waals surface area (Å²) < 4.78 is 4.89. The molecule has 16 heavy (non-hydrogen) atoms. The maximum atomic E-state index is 11.4. The van der Waals surface area contributed by atoms with Gasteiger partial charge in [-0.3, -0.25) is 4.79 Å². The summed E-state index contributed by atoms with van der Waals surface area (Å²) in [6.45, 7) is 2.79. The summed E-state index contributed by atoms with van der Waals surface area (Å²) in [6.07, 6.45) is 2.84. The fourth-order valence-corrected chi connectivity index (χ4v) is 1.29. The van der Waals surface area contributed by atoms with Gasteiger partial charge in [0.2, 0.25) is 5.91 Å². The maximum Gasteiger partial charge on any atom is 0.234 e. The highest BCUT2D eigenvalue weighted by molar-refractivity contribution is 5.78. The van der Waals surface area contributed by atoms with E-state index in [-0.39, 0.29) is 12.5 Å². The maximum absolute atomic E-state index is 11.4. The lowest BCUT2D eigenvalue weighted by Gasteiger charge is -2.23. The van der Waals surface area contributed by atoms with E-state index in [1.54, 1.807) is 14.0 Å². The summed E-state index contributed by atoms with van der Waals surface area (Å²) >= 11 is 0. The van der Waals surface area contributed by atoms with Crippen LogP contribution in [0.15, 0.2) is 0 Å². The molecule has 1 fully saturated rings. The average molecular weight is 230 g/mol. The third kappa shape index (κ3) is 6.05. The molecule has 1 unspecified atom stereocenters. The summed E-state index contributed by atoms with van der Waals surface area (Å²) in [5.74, 6) is -0.0652. The quantitative estimate of drug-likeness (QED) is 0.532. The zero-order valence-electron chi connectivity index (χ0n) is 10.1. The van der Waals surface area contributed by atoms with Crippen molar-refractivity contribution in [3.05, 3.63) is 0 Å². The van der Waals surface area contributed by atoms with Crippen LogP contribution < -0.4 is 10.6 Å². The normalized spacial score (nSPS) is 19.2. The van der Waals surface area contributed by atoms with E-state index in [2.05, 4.69) is 10.6 Å². The SMILES string of the molecule is COCCC(C)(O)CNC(=O)CNC1CC1. The Morgan fingerprint density at radius 2 is 2.25 bits per heavy atom. The Bertz CT molecular complexity index is 227. The van der Waals surface area contributed by atoms with Crippen molar-refractivity contribution < 1.29 is 14.6 Å². The van der Waals surface area contributed by atoms with Gasteiger partial charge >= 0.3 is 0 Å². The zero-order chi connectivity index (χ0) is 12.0. The largest absolute Gasteiger partial charge is 0.388 e. The lowest BCUT2D eigenvalue weighted by molar-refractivity contribution is -0.121. The topological polar surface area (TPSA) is 70.6 Å². The van der Waals surface area contributed by atoms with Crippen molar-refractivity contribution in [1.29, 1.82) is 0 Å². The second kappa shape index (κ2) is 6.18. The van der Waals surface area contributed by atoms with Gasteiger partial charge in [-0.05, 0) is 19.8 Å². The summed E-state index contributed by atoms with van der Waals surface area (Å²) in [7, 11) is 1.59. The van der Waals surface area contributed by atoms with Gasteiger partial charge in [0.05, 0.1) is 12.1 Å². The number of hydrogen-bond acceptors (Lipinski definition) is 4. The number of carbonyl (C=O) groups excluding carboxylic acids is 1. The van der Waals surface area contributed by atoms with Crippen LogP contribution in [-0.4, -0.2) is 49.5 Å². The molecular formula is C11H22N2O3. The second-order valence-corrected chi connectivity index (χ2v) is 4.67. The lowest BCUT2D eigenvalue weighted by atomic mass is 10.0. The lowest BCUT2D eigenvalue weighted by Crippen LogP contribution is -2.44. The van der Waals surface area contributed by atoms with E-state index < -0.39 is 5.60 Å². The van der Waals surface area contributed by atoms with Gasteiger partial charge in [-0.2, -0.15) is 0 Å². The van der Waals surface area contributed by atoms with Crippen LogP contribution in [0.5, 0.6) is 0 Å². The van der Waals surface area contributed by atoms with Crippen LogP contribution in [0.2, 0.25) is 0 Å². The van der Waals surface area contributed by atoms with Crippen LogP contribution >= 0.6 is 0 Å². The van der Waals surface area contributed by atoms with Crippen molar-refractivity contribution >= 4 is 5.91 Å². The van der Waals surface area contributed by atoms with Gasteiger partial charge < -0.3 is 20.5 Å². The predicted molar refractivity (Wildman–Crippen MR) is 61.2 cm³/mol. The van der Waals surface area contributed by atoms with Gasteiger partial charge in [-0.25, -0.2) is 0 Å². The molecule has 0 heterocycles. The Labute approximate surface area is 96.6 Å². The van der Waals surface area contributed by atoms with E-state index in [9.17, 15) is 9.90 Å². The second-order valence-electron chi connectivity index (χ2n) is 4.67. The Hall–Kier alpha value is -0.650. The smallest absolute Gasteiger partial charge is 0.234 e. The average Bonchev–Trinajstić information content (AvgIpc) is 3.05. The molecule has 0 aromatic heterocycles. The Morgan fingerprint density at radius 3 is 2.81 bits per heavy atom. The van der Waals surface area contributed by atoms with Crippen molar-refractivity contribution in [3.8, 4) is 0 Å². The summed E-state index contributed by atoms with van der Waals surface area (Å²) in [5, 5.41) is 15.7. The molecule has 1 aliphatic rings. The highest BCUT2D eigenvalue weighted by Crippen LogP contribution is 2.17. The van der Waals surface area contributed by atoms with Gasteiger partial charge in [0.15, 0.2) is 0 Å². The van der Waals surface area contributed by atoms with Crippen LogP contribution in [0.25, 0.3) is 0 Å². The molecule has 0 radical (unpaired) electrons. The molecular weight excluding hydrogens is 208 g/mol. The van der Waals surface area contributed by atoms with Gasteiger partial charge in [-0.15, -0.1) is 0 Å². The Kier molecular flexibility index (Phi) is 5.18. The van der Waals surface area contributed by atoms with E-state index in [4.69, 9.17) is 4.74 Å². The minimum atomic E-state index is -0.898. The Balaban J connectivity index is 2.08. The van der Waals surface area contributed by atoms with Crippen LogP contribution in [0.4, 0.5) is 0 Å². The van der Waals surface area contributed by atoms with E-state index in [0.29, 0.717) is 25.6 Å². The van der Waals surface area contributed by atoms with E-state index in [1.807, 2.05) is 0 Å². The molecule has 0 spiro atoms. The Morgan fingerprint density at radius 1 is 1.56 bits per heavy atom. The molecule has 0 saturated heterocycles. The fraction of sp³-hybridized carbons (Fsp3) is 0.909. The third-order valence-electron chi connectivity index (χ3n) is 2.64. The number of nitrogens with one attached hydrogen (secondary N) is 2. The summed E-state index contributed by atoms with van der Waals surface area (Å²) in [5.41, 5.74) is -0.898. The van der Waals surface area contributed by atoms with E-state index in [1.165, 1.54) is 12.8 Å². The standard InChI is InChI=1S/C11H22N2O3/c1-11(15,5-6-16-2)8-13-10(14)7-12-9-3-4-9/h9,12,15H,3-8H2,1-2H3,(H,13,14). The molecule has 0 bridgehead atoms. The van der Waals surface area contributed by atoms with Crippen LogP contribution in [0.1, 0.15) is 26.2 Å². The molecule has 5 nitrogen and oxygen atoms in total. The van der Waals surface area contributed by atoms with E-state index in [0.717, 1.165) is 0 Å². The molecule has 0 aliphatic heterocycles. The van der Waals surface area contributed by atoms with Crippen LogP contribution in [-0.2, 0) is 9.53 Å². The van der Waals surface area contributed by atoms with Crippen molar-refractivity contribution in [2.45, 2.75) is 37.8 Å². The number of ether oxygens (including phenoxy) is 1. The molecule has 1 saturated carbocycles. The van der Waals surface area contributed by atoms with Gasteiger partial charge in [0, 0.05) is 32.7 Å². The number of hydrogen-bond donors (Lipinski definition) is 3. The van der Waals surface area contributed by atoms with E-state index >= 15 is 0 Å². The highest BCUT2D eigenvalue weighted by Gasteiger charge is 2.23. The number of rotatable bonds is 8. The minimum Gasteiger partial charge on any atom is -0.388 e. The number of carbonyl (C=O) groups is 1. The van der Waals surface area contributed by atoms with Gasteiger partial charge in [0.25, 0.3) is 0 Å². The molecule has 1 amide bonds. The monoisotopic (exact) mass is 230 g/mol. The first kappa shape index (κ1) is 13.4. The van der Waals surface area contributed by atoms with Gasteiger partial charge in [-0.1, -0.05) is 0 Å². The van der Waals surface area contributed by atoms with Crippen molar-refractivity contribution in [2.24, 2.45) is 0 Å². The molecule has 94 valence electrons. The molecule has 1 atom stereocenters. The number of methoxy groups -OCH3 is 1. The third-order valence-corrected chi connectivity index (χ3v) is 2.64. The first-order valence-electron chi connectivity index (χ1n) is 5.75. The predicted octanol–water partition coefficient (Wildman–Crippen LogP) is -0.358. The summed E-state index contributed by atoms with van der Waals surface area (Å²) in [6, 6.07) is 0.528. The molecule has 0 aromatic carbocycles. The highest BCUT2D eigenvalue weighted by atomic mass is 16.5. The van der Waals surface area contributed by atoms with Crippen molar-refractivity contribution in [3.63, 3.8) is 0 Å². The van der Waals surface area contributed by atoms with Crippen LogP contribution in [0, 0.1) is 0 Å². The minimum absolute atomic E-state index is 0.0652.